The molecule has 1 aromatic carbocycles. The van der Waals surface area contributed by atoms with Gasteiger partial charge in [-0.15, -0.1) is 0 Å². The molecule has 0 saturated carbocycles. The van der Waals surface area contributed by atoms with E-state index in [1.54, 1.807) is 7.05 Å². The van der Waals surface area contributed by atoms with Crippen molar-refractivity contribution >= 4 is 23.2 Å². The molecule has 18 heavy (non-hydrogen) atoms. The Morgan fingerprint density at radius 1 is 1.22 bits per heavy atom. The van der Waals surface area contributed by atoms with Crippen molar-refractivity contribution in [1.82, 2.24) is 5.32 Å². The lowest BCUT2D eigenvalue weighted by atomic mass is 10.1. The number of nitrogens with one attached hydrogen (secondary N) is 1. The van der Waals surface area contributed by atoms with Crippen LogP contribution in [0.2, 0.25) is 10.0 Å². The third-order valence-corrected chi connectivity index (χ3v) is 2.68. The smallest absolute Gasteiger partial charge is 0.319 e. The molecular weight excluding hydrogens is 286 g/mol. The second kappa shape index (κ2) is 6.33. The number of alkyl halides is 3. The van der Waals surface area contributed by atoms with E-state index >= 15 is 0 Å². The molecule has 1 rings (SSSR count). The second-order valence-corrected chi connectivity index (χ2v) is 4.28. The van der Waals surface area contributed by atoms with E-state index in [4.69, 9.17) is 23.2 Å². The first-order chi connectivity index (χ1) is 8.36. The highest BCUT2D eigenvalue weighted by molar-refractivity contribution is 6.36. The van der Waals surface area contributed by atoms with E-state index in [-0.39, 0.29) is 15.6 Å². The first-order valence-electron chi connectivity index (χ1n) is 5.06. The Morgan fingerprint density at radius 3 is 2.22 bits per heavy atom. The van der Waals surface area contributed by atoms with Crippen molar-refractivity contribution in [2.75, 3.05) is 13.6 Å². The van der Waals surface area contributed by atoms with Crippen LogP contribution in [0.1, 0.15) is 17.5 Å². The van der Waals surface area contributed by atoms with Crippen LogP contribution in [-0.4, -0.2) is 13.6 Å². The summed E-state index contributed by atoms with van der Waals surface area (Å²) in [7, 11) is 1.78. The summed E-state index contributed by atoms with van der Waals surface area (Å²) in [4.78, 5) is 0. The van der Waals surface area contributed by atoms with E-state index in [1.807, 2.05) is 0 Å². The van der Waals surface area contributed by atoms with Gasteiger partial charge in [-0.25, -0.2) is 0 Å². The molecule has 0 saturated heterocycles. The Balaban J connectivity index is 3.04. The second-order valence-electron chi connectivity index (χ2n) is 3.47. The number of halogens is 5. The summed E-state index contributed by atoms with van der Waals surface area (Å²) in [6.07, 6.45) is -3.91. The first-order valence-corrected chi connectivity index (χ1v) is 5.81. The van der Waals surface area contributed by atoms with Crippen molar-refractivity contribution < 1.29 is 13.2 Å². The number of benzene rings is 1. The SMILES string of the molecule is CNCCC#Cc1c(Cl)cc(C(F)(F)F)cc1Cl. The van der Waals surface area contributed by atoms with Gasteiger partial charge in [-0.2, -0.15) is 13.2 Å². The molecule has 0 radical (unpaired) electrons. The zero-order chi connectivity index (χ0) is 13.8. The highest BCUT2D eigenvalue weighted by Crippen LogP contribution is 2.35. The van der Waals surface area contributed by atoms with Gasteiger partial charge in [0.1, 0.15) is 0 Å². The molecule has 0 aliphatic rings. The van der Waals surface area contributed by atoms with Crippen LogP contribution >= 0.6 is 23.2 Å². The summed E-state index contributed by atoms with van der Waals surface area (Å²) in [5.74, 6) is 5.45. The molecular formula is C12H10Cl2F3N. The van der Waals surface area contributed by atoms with Crippen LogP contribution in [0.5, 0.6) is 0 Å². The van der Waals surface area contributed by atoms with Crippen LogP contribution in [0.15, 0.2) is 12.1 Å². The van der Waals surface area contributed by atoms with Crippen molar-refractivity contribution in [2.45, 2.75) is 12.6 Å². The van der Waals surface area contributed by atoms with Gasteiger partial charge in [0.2, 0.25) is 0 Å². The molecule has 0 aromatic heterocycles. The molecule has 1 aromatic rings. The van der Waals surface area contributed by atoms with Gasteiger partial charge in [0, 0.05) is 13.0 Å². The minimum atomic E-state index is -4.47. The fraction of sp³-hybridized carbons (Fsp3) is 0.333. The molecule has 6 heteroatoms. The third-order valence-electron chi connectivity index (χ3n) is 2.08. The van der Waals surface area contributed by atoms with Gasteiger partial charge < -0.3 is 5.32 Å². The fourth-order valence-corrected chi connectivity index (χ4v) is 1.78. The van der Waals surface area contributed by atoms with Gasteiger partial charge in [-0.1, -0.05) is 35.0 Å². The molecule has 98 valence electrons. The third kappa shape index (κ3) is 4.09. The highest BCUT2D eigenvalue weighted by Gasteiger charge is 2.31. The number of rotatable bonds is 2. The summed E-state index contributed by atoms with van der Waals surface area (Å²) < 4.78 is 37.4. The maximum absolute atomic E-state index is 12.5. The highest BCUT2D eigenvalue weighted by atomic mass is 35.5. The van der Waals surface area contributed by atoms with E-state index in [9.17, 15) is 13.2 Å². The van der Waals surface area contributed by atoms with Gasteiger partial charge in [0.25, 0.3) is 0 Å². The summed E-state index contributed by atoms with van der Waals surface area (Å²) in [6, 6.07) is 1.66. The molecule has 0 aliphatic carbocycles. The van der Waals surface area contributed by atoms with Gasteiger partial charge in [0.05, 0.1) is 21.2 Å². The summed E-state index contributed by atoms with van der Waals surface area (Å²) in [5, 5.41) is 2.71. The Bertz CT molecular complexity index is 463. The molecule has 1 N–H and O–H groups in total. The lowest BCUT2D eigenvalue weighted by Crippen LogP contribution is -2.06. The van der Waals surface area contributed by atoms with E-state index in [1.165, 1.54) is 0 Å². The standard InChI is InChI=1S/C12H10Cl2F3N/c1-18-5-3-2-4-9-10(13)6-8(7-11(9)14)12(15,16)17/h6-7,18H,3,5H2,1H3. The van der Waals surface area contributed by atoms with Crippen molar-refractivity contribution in [2.24, 2.45) is 0 Å². The van der Waals surface area contributed by atoms with Gasteiger partial charge in [-0.05, 0) is 19.2 Å². The fourth-order valence-electron chi connectivity index (χ4n) is 1.19. The van der Waals surface area contributed by atoms with Crippen LogP contribution in [0.3, 0.4) is 0 Å². The average Bonchev–Trinajstić information content (AvgIpc) is 2.25. The topological polar surface area (TPSA) is 12.0 Å². The lowest BCUT2D eigenvalue weighted by molar-refractivity contribution is -0.137. The summed E-state index contributed by atoms with van der Waals surface area (Å²) in [5.41, 5.74) is -0.652. The minimum Gasteiger partial charge on any atom is -0.319 e. The Labute approximate surface area is 113 Å². The largest absolute Gasteiger partial charge is 0.416 e. The van der Waals surface area contributed by atoms with Crippen LogP contribution in [-0.2, 0) is 6.18 Å². The van der Waals surface area contributed by atoms with Crippen LogP contribution in [0, 0.1) is 11.8 Å². The Kier molecular flexibility index (Phi) is 5.33. The maximum Gasteiger partial charge on any atom is 0.416 e. The monoisotopic (exact) mass is 295 g/mol. The summed E-state index contributed by atoms with van der Waals surface area (Å²) in [6.45, 7) is 0.683. The Morgan fingerprint density at radius 2 is 1.78 bits per heavy atom. The molecule has 0 amide bonds. The number of hydrogen-bond donors (Lipinski definition) is 1. The maximum atomic E-state index is 12.5. The van der Waals surface area contributed by atoms with E-state index in [0.29, 0.717) is 13.0 Å². The van der Waals surface area contributed by atoms with Crippen molar-refractivity contribution in [3.8, 4) is 11.8 Å². The van der Waals surface area contributed by atoms with E-state index in [2.05, 4.69) is 17.2 Å². The lowest BCUT2D eigenvalue weighted by Gasteiger charge is -2.09. The molecule has 0 heterocycles. The first kappa shape index (κ1) is 15.2. The van der Waals surface area contributed by atoms with Crippen LogP contribution in [0.4, 0.5) is 13.2 Å². The predicted octanol–water partition coefficient (Wildman–Crippen LogP) is 3.97. The van der Waals surface area contributed by atoms with Crippen LogP contribution < -0.4 is 5.32 Å². The predicted molar refractivity (Wildman–Crippen MR) is 66.9 cm³/mol. The molecule has 1 nitrogen and oxygen atoms in total. The zero-order valence-electron chi connectivity index (χ0n) is 9.46. The molecule has 0 atom stereocenters. The van der Waals surface area contributed by atoms with Crippen molar-refractivity contribution in [3.05, 3.63) is 33.3 Å². The zero-order valence-corrected chi connectivity index (χ0v) is 11.0. The number of hydrogen-bond acceptors (Lipinski definition) is 1. The summed E-state index contributed by atoms with van der Waals surface area (Å²) >= 11 is 11.5. The average molecular weight is 296 g/mol. The molecule has 0 fully saturated rings. The van der Waals surface area contributed by atoms with Gasteiger partial charge in [0.15, 0.2) is 0 Å². The molecule has 0 aliphatic heterocycles. The van der Waals surface area contributed by atoms with E-state index < -0.39 is 11.7 Å². The quantitative estimate of drug-likeness (QED) is 0.643. The van der Waals surface area contributed by atoms with Gasteiger partial charge >= 0.3 is 6.18 Å². The normalized spacial score (nSPS) is 11.0. The van der Waals surface area contributed by atoms with Crippen molar-refractivity contribution in [1.29, 1.82) is 0 Å². The van der Waals surface area contributed by atoms with Crippen LogP contribution in [0.25, 0.3) is 0 Å². The molecule has 0 unspecified atom stereocenters. The Hall–Kier alpha value is -0.890. The molecule has 0 bridgehead atoms. The van der Waals surface area contributed by atoms with Gasteiger partial charge in [-0.3, -0.25) is 0 Å². The molecule has 0 spiro atoms. The van der Waals surface area contributed by atoms with E-state index in [0.717, 1.165) is 12.1 Å². The minimum absolute atomic E-state index is 0.0909. The van der Waals surface area contributed by atoms with Crippen molar-refractivity contribution in [3.63, 3.8) is 0 Å².